The minimum Gasteiger partial charge on any atom is -0.496 e. The SMILES string of the molecule is COc1ccc(NC(=O)CSc2nc(-c3ccccc3)cc(-c3ccc(C)cc3)c2C#N)c([N+](=O)[O-])c1. The number of aryl methyl sites for hydroxylation is 1. The Balaban J connectivity index is 1.66. The van der Waals surface area contributed by atoms with Crippen molar-refractivity contribution in [2.24, 2.45) is 0 Å². The van der Waals surface area contributed by atoms with E-state index in [1.54, 1.807) is 0 Å². The van der Waals surface area contributed by atoms with Gasteiger partial charge in [-0.2, -0.15) is 5.26 Å². The lowest BCUT2D eigenvalue weighted by Gasteiger charge is -2.13. The number of nitrogens with zero attached hydrogens (tertiary/aromatic N) is 3. The molecule has 1 amide bonds. The molecular formula is C28H22N4O4S. The fourth-order valence-corrected chi connectivity index (χ4v) is 4.47. The molecule has 1 aromatic heterocycles. The van der Waals surface area contributed by atoms with Crippen LogP contribution in [-0.4, -0.2) is 28.7 Å². The molecule has 0 aliphatic carbocycles. The van der Waals surface area contributed by atoms with Gasteiger partial charge in [-0.05, 0) is 30.7 Å². The summed E-state index contributed by atoms with van der Waals surface area (Å²) in [5.74, 6) is -0.259. The number of amides is 1. The Hall–Kier alpha value is -4.68. The van der Waals surface area contributed by atoms with E-state index in [1.165, 1.54) is 25.3 Å². The number of methoxy groups -OCH3 is 1. The van der Waals surface area contributed by atoms with Crippen molar-refractivity contribution >= 4 is 29.0 Å². The third kappa shape index (κ3) is 5.94. The molecular weight excluding hydrogens is 488 g/mol. The predicted molar refractivity (Wildman–Crippen MR) is 144 cm³/mol. The minimum atomic E-state index is -0.586. The number of nitriles is 1. The summed E-state index contributed by atoms with van der Waals surface area (Å²) in [6, 6.07) is 25.7. The van der Waals surface area contributed by atoms with Gasteiger partial charge < -0.3 is 10.1 Å². The van der Waals surface area contributed by atoms with Gasteiger partial charge in [-0.3, -0.25) is 14.9 Å². The van der Waals surface area contributed by atoms with E-state index in [1.807, 2.05) is 67.6 Å². The summed E-state index contributed by atoms with van der Waals surface area (Å²) in [6.07, 6.45) is 0. The number of benzene rings is 3. The van der Waals surface area contributed by atoms with Gasteiger partial charge in [0.25, 0.3) is 5.69 Å². The molecule has 1 heterocycles. The molecule has 0 atom stereocenters. The first-order valence-corrected chi connectivity index (χ1v) is 12.2. The molecule has 0 radical (unpaired) electrons. The summed E-state index contributed by atoms with van der Waals surface area (Å²) < 4.78 is 5.04. The Kier molecular flexibility index (Phi) is 7.81. The molecule has 0 aliphatic rings. The molecule has 0 saturated carbocycles. The third-order valence-corrected chi connectivity index (χ3v) is 6.52. The van der Waals surface area contributed by atoms with Gasteiger partial charge in [0.15, 0.2) is 0 Å². The van der Waals surface area contributed by atoms with Crippen LogP contribution in [0.2, 0.25) is 0 Å². The average molecular weight is 511 g/mol. The lowest BCUT2D eigenvalue weighted by molar-refractivity contribution is -0.384. The third-order valence-electron chi connectivity index (χ3n) is 5.55. The first kappa shape index (κ1) is 25.4. The molecule has 8 nitrogen and oxygen atoms in total. The van der Waals surface area contributed by atoms with Crippen LogP contribution in [0.1, 0.15) is 11.1 Å². The number of hydrogen-bond donors (Lipinski definition) is 1. The second-order valence-corrected chi connectivity index (χ2v) is 9.02. The Bertz CT molecular complexity index is 1500. The van der Waals surface area contributed by atoms with Gasteiger partial charge >= 0.3 is 0 Å². The summed E-state index contributed by atoms with van der Waals surface area (Å²) >= 11 is 1.10. The van der Waals surface area contributed by atoms with Gasteiger partial charge in [-0.25, -0.2) is 4.98 Å². The van der Waals surface area contributed by atoms with Crippen LogP contribution in [0, 0.1) is 28.4 Å². The number of hydrogen-bond acceptors (Lipinski definition) is 7. The molecule has 3 aromatic carbocycles. The van der Waals surface area contributed by atoms with Crippen molar-refractivity contribution in [3.8, 4) is 34.2 Å². The van der Waals surface area contributed by atoms with Crippen molar-refractivity contribution < 1.29 is 14.5 Å². The lowest BCUT2D eigenvalue weighted by atomic mass is 9.98. The van der Waals surface area contributed by atoms with Gasteiger partial charge in [0.2, 0.25) is 5.91 Å². The summed E-state index contributed by atoms with van der Waals surface area (Å²) in [6.45, 7) is 1.99. The number of nitro benzene ring substituents is 1. The second kappa shape index (κ2) is 11.4. The molecule has 0 aliphatic heterocycles. The number of ether oxygens (including phenoxy) is 1. The number of pyridine rings is 1. The number of rotatable bonds is 8. The van der Waals surface area contributed by atoms with Crippen LogP contribution >= 0.6 is 11.8 Å². The van der Waals surface area contributed by atoms with Crippen LogP contribution < -0.4 is 10.1 Å². The fraction of sp³-hybridized carbons (Fsp3) is 0.107. The van der Waals surface area contributed by atoms with Crippen molar-refractivity contribution in [2.75, 3.05) is 18.2 Å². The number of anilines is 1. The summed E-state index contributed by atoms with van der Waals surface area (Å²) in [4.78, 5) is 28.3. The highest BCUT2D eigenvalue weighted by Gasteiger charge is 2.20. The van der Waals surface area contributed by atoms with E-state index >= 15 is 0 Å². The maximum Gasteiger partial charge on any atom is 0.296 e. The topological polar surface area (TPSA) is 118 Å². The van der Waals surface area contributed by atoms with E-state index in [2.05, 4.69) is 11.4 Å². The normalized spacial score (nSPS) is 10.4. The Morgan fingerprint density at radius 1 is 1.08 bits per heavy atom. The number of carbonyl (C=O) groups is 1. The van der Waals surface area contributed by atoms with E-state index in [0.29, 0.717) is 27.6 Å². The van der Waals surface area contributed by atoms with Crippen molar-refractivity contribution in [2.45, 2.75) is 11.9 Å². The maximum absolute atomic E-state index is 12.8. The molecule has 37 heavy (non-hydrogen) atoms. The highest BCUT2D eigenvalue weighted by molar-refractivity contribution is 8.00. The molecule has 4 aromatic rings. The van der Waals surface area contributed by atoms with Crippen molar-refractivity contribution in [3.63, 3.8) is 0 Å². The maximum atomic E-state index is 12.8. The van der Waals surface area contributed by atoms with Crippen LogP contribution in [0.3, 0.4) is 0 Å². The largest absolute Gasteiger partial charge is 0.496 e. The van der Waals surface area contributed by atoms with Gasteiger partial charge in [0.05, 0.1) is 35.1 Å². The molecule has 4 rings (SSSR count). The minimum absolute atomic E-state index is 0.0586. The molecule has 9 heteroatoms. The van der Waals surface area contributed by atoms with Crippen molar-refractivity contribution in [3.05, 3.63) is 100 Å². The first-order chi connectivity index (χ1) is 17.9. The van der Waals surface area contributed by atoms with Gasteiger partial charge in [0, 0.05) is 11.1 Å². The van der Waals surface area contributed by atoms with Crippen molar-refractivity contribution in [1.82, 2.24) is 4.98 Å². The molecule has 0 unspecified atom stereocenters. The highest BCUT2D eigenvalue weighted by Crippen LogP contribution is 2.35. The smallest absolute Gasteiger partial charge is 0.296 e. The van der Waals surface area contributed by atoms with Crippen molar-refractivity contribution in [1.29, 1.82) is 5.26 Å². The molecule has 0 bridgehead atoms. The molecule has 0 spiro atoms. The van der Waals surface area contributed by atoms with E-state index < -0.39 is 10.8 Å². The van der Waals surface area contributed by atoms with E-state index in [4.69, 9.17) is 9.72 Å². The summed E-state index contributed by atoms with van der Waals surface area (Å²) in [5.41, 5.74) is 4.36. The standard InChI is InChI=1S/C28H22N4O4S/c1-18-8-10-19(11-9-18)22-15-25(20-6-4-3-5-7-20)31-28(23(22)16-29)37-17-27(33)30-24-13-12-21(36-2)14-26(24)32(34)35/h3-15H,17H2,1-2H3,(H,30,33). The lowest BCUT2D eigenvalue weighted by Crippen LogP contribution is -2.15. The average Bonchev–Trinajstić information content (AvgIpc) is 2.92. The highest BCUT2D eigenvalue weighted by atomic mass is 32.2. The fourth-order valence-electron chi connectivity index (χ4n) is 3.67. The quantitative estimate of drug-likeness (QED) is 0.169. The van der Waals surface area contributed by atoms with E-state index in [-0.39, 0.29) is 17.1 Å². The van der Waals surface area contributed by atoms with Crippen LogP contribution in [0.4, 0.5) is 11.4 Å². The zero-order chi connectivity index (χ0) is 26.4. The Morgan fingerprint density at radius 3 is 2.46 bits per heavy atom. The van der Waals surface area contributed by atoms with Gasteiger partial charge in [-0.15, -0.1) is 0 Å². The van der Waals surface area contributed by atoms with Crippen LogP contribution in [-0.2, 0) is 4.79 Å². The zero-order valence-corrected chi connectivity index (χ0v) is 20.9. The predicted octanol–water partition coefficient (Wildman–Crippen LogP) is 6.24. The summed E-state index contributed by atoms with van der Waals surface area (Å²) in [7, 11) is 1.40. The number of carbonyl (C=O) groups excluding carboxylic acids is 1. The zero-order valence-electron chi connectivity index (χ0n) is 20.1. The van der Waals surface area contributed by atoms with Crippen LogP contribution in [0.5, 0.6) is 5.75 Å². The van der Waals surface area contributed by atoms with E-state index in [0.717, 1.165) is 28.5 Å². The number of nitrogens with one attached hydrogen (secondary N) is 1. The summed E-state index contributed by atoms with van der Waals surface area (Å²) in [5, 5.41) is 24.5. The Labute approximate surface area is 218 Å². The molecule has 0 saturated heterocycles. The second-order valence-electron chi connectivity index (χ2n) is 8.06. The molecule has 184 valence electrons. The first-order valence-electron chi connectivity index (χ1n) is 11.2. The Morgan fingerprint density at radius 2 is 1.81 bits per heavy atom. The number of thioether (sulfide) groups is 1. The number of aromatic nitrogens is 1. The monoisotopic (exact) mass is 510 g/mol. The van der Waals surface area contributed by atoms with Gasteiger partial charge in [0.1, 0.15) is 22.5 Å². The van der Waals surface area contributed by atoms with Crippen LogP contribution in [0.25, 0.3) is 22.4 Å². The molecule has 1 N–H and O–H groups in total. The van der Waals surface area contributed by atoms with Crippen LogP contribution in [0.15, 0.2) is 83.9 Å². The van der Waals surface area contributed by atoms with E-state index in [9.17, 15) is 20.2 Å². The van der Waals surface area contributed by atoms with Gasteiger partial charge in [-0.1, -0.05) is 71.9 Å². The molecule has 0 fully saturated rings. The number of nitro groups is 1.